The number of thiazole rings is 1. The average Bonchev–Trinajstić information content (AvgIpc) is 2.79. The molecule has 0 aliphatic carbocycles. The number of hydrogen-bond acceptors (Lipinski definition) is 3. The van der Waals surface area contributed by atoms with Crippen LogP contribution in [0.2, 0.25) is 0 Å². The van der Waals surface area contributed by atoms with E-state index in [-0.39, 0.29) is 0 Å². The van der Waals surface area contributed by atoms with Gasteiger partial charge in [0, 0.05) is 16.5 Å². The van der Waals surface area contributed by atoms with Gasteiger partial charge in [0.2, 0.25) is 0 Å². The number of nitrogens with zero attached hydrogens (tertiary/aromatic N) is 1. The van der Waals surface area contributed by atoms with Gasteiger partial charge >= 0.3 is 0 Å². The molecule has 0 amide bonds. The van der Waals surface area contributed by atoms with Crippen molar-refractivity contribution in [1.29, 1.82) is 0 Å². The Bertz CT molecular complexity index is 531. The Labute approximate surface area is 113 Å². The van der Waals surface area contributed by atoms with Gasteiger partial charge in [-0.3, -0.25) is 0 Å². The Kier molecular flexibility index (Phi) is 4.15. The van der Waals surface area contributed by atoms with Gasteiger partial charge in [0.05, 0.1) is 5.69 Å². The minimum atomic E-state index is 0.366. The number of benzene rings is 1. The molecule has 0 radical (unpaired) electrons. The third kappa shape index (κ3) is 2.47. The van der Waals surface area contributed by atoms with Crippen LogP contribution in [0.3, 0.4) is 0 Å². The first-order valence-corrected chi connectivity index (χ1v) is 7.21. The molecule has 0 fully saturated rings. The maximum atomic E-state index is 4.74. The fourth-order valence-electron chi connectivity index (χ4n) is 2.09. The third-order valence-corrected chi connectivity index (χ3v) is 4.66. The molecule has 2 nitrogen and oxygen atoms in total. The van der Waals surface area contributed by atoms with Crippen LogP contribution in [0.4, 0.5) is 0 Å². The monoisotopic (exact) mass is 260 g/mol. The number of rotatable bonds is 4. The third-order valence-electron chi connectivity index (χ3n) is 3.29. The van der Waals surface area contributed by atoms with Crippen LogP contribution in [0, 0.1) is 6.92 Å². The minimum absolute atomic E-state index is 0.366. The highest BCUT2D eigenvalue weighted by Crippen LogP contribution is 2.33. The SMILES string of the molecule is CCc1ccccc1-c1nc(C)c(C(C)NC)s1. The molecule has 0 saturated carbocycles. The molecule has 1 aromatic carbocycles. The molecule has 1 aromatic heterocycles. The van der Waals surface area contributed by atoms with E-state index < -0.39 is 0 Å². The second kappa shape index (κ2) is 5.63. The molecule has 18 heavy (non-hydrogen) atoms. The summed E-state index contributed by atoms with van der Waals surface area (Å²) in [6.07, 6.45) is 1.05. The van der Waals surface area contributed by atoms with E-state index in [1.807, 2.05) is 7.05 Å². The van der Waals surface area contributed by atoms with Crippen molar-refractivity contribution < 1.29 is 0 Å². The summed E-state index contributed by atoms with van der Waals surface area (Å²) in [5.74, 6) is 0. The van der Waals surface area contributed by atoms with Gasteiger partial charge in [-0.1, -0.05) is 31.2 Å². The molecule has 0 saturated heterocycles. The van der Waals surface area contributed by atoms with Crippen molar-refractivity contribution in [2.75, 3.05) is 7.05 Å². The normalized spacial score (nSPS) is 12.7. The highest BCUT2D eigenvalue weighted by atomic mass is 32.1. The molecule has 2 aromatic rings. The highest BCUT2D eigenvalue weighted by Gasteiger charge is 2.15. The van der Waals surface area contributed by atoms with Crippen LogP contribution in [-0.4, -0.2) is 12.0 Å². The van der Waals surface area contributed by atoms with Gasteiger partial charge in [0.15, 0.2) is 0 Å². The van der Waals surface area contributed by atoms with Crippen LogP contribution < -0.4 is 5.32 Å². The zero-order valence-electron chi connectivity index (χ0n) is 11.4. The Balaban J connectivity index is 2.46. The van der Waals surface area contributed by atoms with Gasteiger partial charge in [-0.05, 0) is 32.9 Å². The zero-order valence-corrected chi connectivity index (χ0v) is 12.3. The maximum Gasteiger partial charge on any atom is 0.124 e. The quantitative estimate of drug-likeness (QED) is 0.900. The van der Waals surface area contributed by atoms with E-state index in [1.54, 1.807) is 11.3 Å². The first-order chi connectivity index (χ1) is 8.67. The van der Waals surface area contributed by atoms with Crippen molar-refractivity contribution in [2.24, 2.45) is 0 Å². The maximum absolute atomic E-state index is 4.74. The molecule has 2 rings (SSSR count). The number of aryl methyl sites for hydroxylation is 2. The van der Waals surface area contributed by atoms with Gasteiger partial charge in [-0.2, -0.15) is 0 Å². The Morgan fingerprint density at radius 3 is 2.72 bits per heavy atom. The fourth-order valence-corrected chi connectivity index (χ4v) is 3.28. The summed E-state index contributed by atoms with van der Waals surface area (Å²) >= 11 is 1.80. The van der Waals surface area contributed by atoms with E-state index in [4.69, 9.17) is 4.98 Å². The van der Waals surface area contributed by atoms with Crippen molar-refractivity contribution in [3.8, 4) is 10.6 Å². The van der Waals surface area contributed by atoms with Crippen LogP contribution in [0.5, 0.6) is 0 Å². The summed E-state index contributed by atoms with van der Waals surface area (Å²) in [4.78, 5) is 6.07. The second-order valence-electron chi connectivity index (χ2n) is 4.49. The van der Waals surface area contributed by atoms with E-state index >= 15 is 0 Å². The lowest BCUT2D eigenvalue weighted by molar-refractivity contribution is 0.658. The molecule has 0 aliphatic rings. The van der Waals surface area contributed by atoms with Gasteiger partial charge in [-0.15, -0.1) is 11.3 Å². The zero-order chi connectivity index (χ0) is 13.1. The molecular formula is C15H20N2S. The summed E-state index contributed by atoms with van der Waals surface area (Å²) in [7, 11) is 1.99. The molecule has 3 heteroatoms. The smallest absolute Gasteiger partial charge is 0.124 e. The first kappa shape index (κ1) is 13.2. The lowest BCUT2D eigenvalue weighted by Crippen LogP contribution is -2.11. The number of nitrogens with one attached hydrogen (secondary N) is 1. The van der Waals surface area contributed by atoms with Crippen LogP contribution >= 0.6 is 11.3 Å². The second-order valence-corrected chi connectivity index (χ2v) is 5.52. The van der Waals surface area contributed by atoms with E-state index in [9.17, 15) is 0 Å². The lowest BCUT2D eigenvalue weighted by Gasteiger charge is -2.07. The molecule has 1 heterocycles. The summed E-state index contributed by atoms with van der Waals surface area (Å²) in [6.45, 7) is 6.46. The van der Waals surface area contributed by atoms with Crippen molar-refractivity contribution >= 4 is 11.3 Å². The molecule has 0 bridgehead atoms. The summed E-state index contributed by atoms with van der Waals surface area (Å²) in [6, 6.07) is 8.91. The van der Waals surface area contributed by atoms with E-state index in [2.05, 4.69) is 50.4 Å². The van der Waals surface area contributed by atoms with Crippen molar-refractivity contribution in [3.63, 3.8) is 0 Å². The van der Waals surface area contributed by atoms with E-state index in [1.165, 1.54) is 16.0 Å². The van der Waals surface area contributed by atoms with Gasteiger partial charge in [0.1, 0.15) is 5.01 Å². The van der Waals surface area contributed by atoms with E-state index in [0.717, 1.165) is 17.1 Å². The Morgan fingerprint density at radius 2 is 2.06 bits per heavy atom. The van der Waals surface area contributed by atoms with Crippen molar-refractivity contribution in [1.82, 2.24) is 10.3 Å². The number of hydrogen-bond donors (Lipinski definition) is 1. The highest BCUT2D eigenvalue weighted by molar-refractivity contribution is 7.15. The van der Waals surface area contributed by atoms with Gasteiger partial charge < -0.3 is 5.32 Å². The standard InChI is InChI=1S/C15H20N2S/c1-5-12-8-6-7-9-13(12)15-17-11(3)14(18-15)10(2)16-4/h6-10,16H,5H2,1-4H3. The summed E-state index contributed by atoms with van der Waals surface area (Å²) < 4.78 is 0. The topological polar surface area (TPSA) is 24.9 Å². The molecule has 0 spiro atoms. The van der Waals surface area contributed by atoms with Crippen molar-refractivity contribution in [3.05, 3.63) is 40.4 Å². The van der Waals surface area contributed by atoms with Crippen LogP contribution in [0.15, 0.2) is 24.3 Å². The fraction of sp³-hybridized carbons (Fsp3) is 0.400. The Morgan fingerprint density at radius 1 is 1.33 bits per heavy atom. The van der Waals surface area contributed by atoms with E-state index in [0.29, 0.717) is 6.04 Å². The summed E-state index contributed by atoms with van der Waals surface area (Å²) in [5, 5.41) is 4.43. The van der Waals surface area contributed by atoms with Crippen LogP contribution in [-0.2, 0) is 6.42 Å². The average molecular weight is 260 g/mol. The van der Waals surface area contributed by atoms with Crippen LogP contribution in [0.25, 0.3) is 10.6 Å². The molecule has 1 unspecified atom stereocenters. The largest absolute Gasteiger partial charge is 0.312 e. The Hall–Kier alpha value is -1.19. The van der Waals surface area contributed by atoms with Crippen LogP contribution in [0.1, 0.15) is 36.0 Å². The molecule has 0 aliphatic heterocycles. The predicted octanol–water partition coefficient (Wildman–Crippen LogP) is 3.96. The lowest BCUT2D eigenvalue weighted by atomic mass is 10.1. The molecule has 1 atom stereocenters. The first-order valence-electron chi connectivity index (χ1n) is 6.40. The number of aromatic nitrogens is 1. The minimum Gasteiger partial charge on any atom is -0.312 e. The molecule has 96 valence electrons. The van der Waals surface area contributed by atoms with Gasteiger partial charge in [0.25, 0.3) is 0 Å². The molecular weight excluding hydrogens is 240 g/mol. The van der Waals surface area contributed by atoms with Crippen molar-refractivity contribution in [2.45, 2.75) is 33.2 Å². The predicted molar refractivity (Wildman–Crippen MR) is 79.1 cm³/mol. The summed E-state index contributed by atoms with van der Waals surface area (Å²) in [5.41, 5.74) is 3.79. The molecule has 1 N–H and O–H groups in total. The van der Waals surface area contributed by atoms with Gasteiger partial charge in [-0.25, -0.2) is 4.98 Å².